The van der Waals surface area contributed by atoms with Crippen molar-refractivity contribution >= 4 is 6.01 Å². The minimum absolute atomic E-state index is 0.666. The van der Waals surface area contributed by atoms with Gasteiger partial charge >= 0.3 is 6.01 Å². The number of anilines is 1. The number of rotatable bonds is 5. The summed E-state index contributed by atoms with van der Waals surface area (Å²) in [6, 6.07) is 4.77. The minimum Gasteiger partial charge on any atom is -0.408 e. The monoisotopic (exact) mass is 287 g/mol. The van der Waals surface area contributed by atoms with Gasteiger partial charge in [0.2, 0.25) is 5.89 Å². The Balaban J connectivity index is 1.52. The van der Waals surface area contributed by atoms with Crippen LogP contribution in [0.1, 0.15) is 24.8 Å². The van der Waals surface area contributed by atoms with Crippen LogP contribution < -0.4 is 4.90 Å². The third-order valence-electron chi connectivity index (χ3n) is 3.69. The van der Waals surface area contributed by atoms with Crippen molar-refractivity contribution in [1.82, 2.24) is 20.1 Å². The van der Waals surface area contributed by atoms with Crippen LogP contribution in [-0.2, 0) is 13.0 Å². The van der Waals surface area contributed by atoms with Gasteiger partial charge in [-0.2, -0.15) is 0 Å². The highest BCUT2D eigenvalue weighted by atomic mass is 16.4. The SMILES string of the molecule is CCCc1nnc(N2CCN(Cc3cccnc3)CC2)o1. The Bertz CT molecular complexity index is 548. The third kappa shape index (κ3) is 3.58. The molecule has 0 saturated carbocycles. The van der Waals surface area contributed by atoms with E-state index in [9.17, 15) is 0 Å². The number of pyridine rings is 1. The van der Waals surface area contributed by atoms with Gasteiger partial charge in [-0.3, -0.25) is 9.88 Å². The topological polar surface area (TPSA) is 58.3 Å². The molecule has 0 N–H and O–H groups in total. The molecule has 0 spiro atoms. The Labute approximate surface area is 124 Å². The summed E-state index contributed by atoms with van der Waals surface area (Å²) in [5.41, 5.74) is 1.26. The molecule has 6 nitrogen and oxygen atoms in total. The fraction of sp³-hybridized carbons (Fsp3) is 0.533. The maximum Gasteiger partial charge on any atom is 0.318 e. The lowest BCUT2D eigenvalue weighted by Crippen LogP contribution is -2.46. The van der Waals surface area contributed by atoms with Crippen molar-refractivity contribution in [2.45, 2.75) is 26.3 Å². The van der Waals surface area contributed by atoms with E-state index in [2.05, 4.69) is 38.0 Å². The van der Waals surface area contributed by atoms with Gasteiger partial charge in [-0.1, -0.05) is 18.1 Å². The summed E-state index contributed by atoms with van der Waals surface area (Å²) in [5, 5.41) is 8.24. The van der Waals surface area contributed by atoms with Crippen molar-refractivity contribution in [1.29, 1.82) is 0 Å². The molecule has 2 aromatic heterocycles. The lowest BCUT2D eigenvalue weighted by molar-refractivity contribution is 0.244. The van der Waals surface area contributed by atoms with Gasteiger partial charge in [0.25, 0.3) is 0 Å². The molecule has 6 heteroatoms. The smallest absolute Gasteiger partial charge is 0.318 e. The molecule has 0 bridgehead atoms. The second-order valence-electron chi connectivity index (χ2n) is 5.35. The molecular weight excluding hydrogens is 266 g/mol. The number of nitrogens with zero attached hydrogens (tertiary/aromatic N) is 5. The molecule has 1 aliphatic rings. The first-order valence-corrected chi connectivity index (χ1v) is 7.53. The molecule has 1 saturated heterocycles. The van der Waals surface area contributed by atoms with Crippen molar-refractivity contribution in [3.8, 4) is 0 Å². The van der Waals surface area contributed by atoms with E-state index in [1.165, 1.54) is 5.56 Å². The molecule has 3 rings (SSSR count). The molecule has 0 aromatic carbocycles. The maximum absolute atomic E-state index is 5.69. The Kier molecular flexibility index (Phi) is 4.45. The Morgan fingerprint density at radius 2 is 2.05 bits per heavy atom. The maximum atomic E-state index is 5.69. The highest BCUT2D eigenvalue weighted by Crippen LogP contribution is 2.16. The van der Waals surface area contributed by atoms with Gasteiger partial charge in [-0.25, -0.2) is 0 Å². The number of aryl methyl sites for hydroxylation is 1. The Hall–Kier alpha value is -1.95. The first kappa shape index (κ1) is 14.0. The summed E-state index contributed by atoms with van der Waals surface area (Å²) in [7, 11) is 0. The van der Waals surface area contributed by atoms with E-state index in [1.54, 1.807) is 0 Å². The average Bonchev–Trinajstić information content (AvgIpc) is 2.98. The molecule has 0 atom stereocenters. The van der Waals surface area contributed by atoms with Crippen LogP contribution in [0, 0.1) is 0 Å². The normalized spacial score (nSPS) is 16.3. The highest BCUT2D eigenvalue weighted by Gasteiger charge is 2.21. The van der Waals surface area contributed by atoms with Gasteiger partial charge in [-0.15, -0.1) is 5.10 Å². The van der Waals surface area contributed by atoms with Crippen LogP contribution in [0.2, 0.25) is 0 Å². The summed E-state index contributed by atoms with van der Waals surface area (Å²) in [6.07, 6.45) is 5.63. The van der Waals surface area contributed by atoms with Crippen molar-refractivity contribution in [3.63, 3.8) is 0 Å². The summed E-state index contributed by atoms with van der Waals surface area (Å²) in [4.78, 5) is 8.76. The van der Waals surface area contributed by atoms with Gasteiger partial charge in [0.05, 0.1) is 0 Å². The zero-order valence-electron chi connectivity index (χ0n) is 12.4. The van der Waals surface area contributed by atoms with E-state index in [0.29, 0.717) is 6.01 Å². The van der Waals surface area contributed by atoms with Crippen LogP contribution >= 0.6 is 0 Å². The van der Waals surface area contributed by atoms with Crippen molar-refractivity contribution < 1.29 is 4.42 Å². The Morgan fingerprint density at radius 3 is 2.76 bits per heavy atom. The van der Waals surface area contributed by atoms with Crippen LogP contribution in [0.5, 0.6) is 0 Å². The van der Waals surface area contributed by atoms with E-state index in [0.717, 1.165) is 51.5 Å². The molecule has 1 fully saturated rings. The number of hydrogen-bond donors (Lipinski definition) is 0. The zero-order valence-corrected chi connectivity index (χ0v) is 12.4. The third-order valence-corrected chi connectivity index (χ3v) is 3.69. The molecule has 0 aliphatic carbocycles. The molecule has 1 aliphatic heterocycles. The quantitative estimate of drug-likeness (QED) is 0.835. The van der Waals surface area contributed by atoms with Crippen molar-refractivity contribution in [3.05, 3.63) is 36.0 Å². The van der Waals surface area contributed by atoms with E-state index < -0.39 is 0 Å². The van der Waals surface area contributed by atoms with E-state index in [4.69, 9.17) is 4.42 Å². The number of piperazine rings is 1. The predicted molar refractivity (Wildman–Crippen MR) is 80.0 cm³/mol. The fourth-order valence-corrected chi connectivity index (χ4v) is 2.53. The van der Waals surface area contributed by atoms with Crippen LogP contribution in [0.25, 0.3) is 0 Å². The molecule has 0 amide bonds. The van der Waals surface area contributed by atoms with E-state index >= 15 is 0 Å². The molecule has 112 valence electrons. The van der Waals surface area contributed by atoms with Crippen molar-refractivity contribution in [2.24, 2.45) is 0 Å². The van der Waals surface area contributed by atoms with E-state index in [1.807, 2.05) is 18.5 Å². The van der Waals surface area contributed by atoms with Crippen LogP contribution in [0.3, 0.4) is 0 Å². The highest BCUT2D eigenvalue weighted by molar-refractivity contribution is 5.25. The average molecular weight is 287 g/mol. The van der Waals surface area contributed by atoms with Crippen LogP contribution in [-0.4, -0.2) is 46.3 Å². The first-order chi connectivity index (χ1) is 10.3. The van der Waals surface area contributed by atoms with Gasteiger partial charge in [0.1, 0.15) is 0 Å². The number of hydrogen-bond acceptors (Lipinski definition) is 6. The lowest BCUT2D eigenvalue weighted by atomic mass is 10.2. The van der Waals surface area contributed by atoms with Gasteiger partial charge < -0.3 is 9.32 Å². The molecule has 2 aromatic rings. The molecule has 3 heterocycles. The molecular formula is C15H21N5O. The van der Waals surface area contributed by atoms with Gasteiger partial charge in [0.15, 0.2) is 0 Å². The predicted octanol–water partition coefficient (Wildman–Crippen LogP) is 1.74. The van der Waals surface area contributed by atoms with Crippen molar-refractivity contribution in [2.75, 3.05) is 31.1 Å². The largest absolute Gasteiger partial charge is 0.408 e. The second kappa shape index (κ2) is 6.67. The van der Waals surface area contributed by atoms with Gasteiger partial charge in [0, 0.05) is 51.5 Å². The fourth-order valence-electron chi connectivity index (χ4n) is 2.53. The summed E-state index contributed by atoms with van der Waals surface area (Å²) in [6.45, 7) is 6.91. The zero-order chi connectivity index (χ0) is 14.5. The Morgan fingerprint density at radius 1 is 1.19 bits per heavy atom. The molecule has 0 unspecified atom stereocenters. The number of aromatic nitrogens is 3. The summed E-state index contributed by atoms with van der Waals surface area (Å²) >= 11 is 0. The summed E-state index contributed by atoms with van der Waals surface area (Å²) < 4.78 is 5.69. The minimum atomic E-state index is 0.666. The van der Waals surface area contributed by atoms with Gasteiger partial charge in [-0.05, 0) is 18.1 Å². The molecule has 21 heavy (non-hydrogen) atoms. The second-order valence-corrected chi connectivity index (χ2v) is 5.35. The standard InChI is InChI=1S/C15H21N5O/c1-2-4-14-17-18-15(21-14)20-9-7-19(8-10-20)12-13-5-3-6-16-11-13/h3,5-6,11H,2,4,7-10,12H2,1H3. The van der Waals surface area contributed by atoms with Crippen LogP contribution in [0.4, 0.5) is 6.01 Å². The lowest BCUT2D eigenvalue weighted by Gasteiger charge is -2.33. The first-order valence-electron chi connectivity index (χ1n) is 7.53. The van der Waals surface area contributed by atoms with Crippen LogP contribution in [0.15, 0.2) is 28.9 Å². The molecule has 0 radical (unpaired) electrons. The van der Waals surface area contributed by atoms with E-state index in [-0.39, 0.29) is 0 Å². The summed E-state index contributed by atoms with van der Waals surface area (Å²) in [5.74, 6) is 0.741.